The Morgan fingerprint density at radius 2 is 1.83 bits per heavy atom. The third kappa shape index (κ3) is 6.92. The van der Waals surface area contributed by atoms with Gasteiger partial charge < -0.3 is 26.0 Å². The molecule has 10 nitrogen and oxygen atoms in total. The summed E-state index contributed by atoms with van der Waals surface area (Å²) in [6.45, 7) is 7.04. The number of aliphatic hydroxyl groups is 1. The van der Waals surface area contributed by atoms with Crippen molar-refractivity contribution in [3.05, 3.63) is 41.0 Å². The number of aliphatic hydroxyl groups excluding tert-OH is 1. The molecule has 41 heavy (non-hydrogen) atoms. The number of benzene rings is 1. The number of aryl methyl sites for hydroxylation is 1. The Balaban J connectivity index is 1.54. The molecule has 2 unspecified atom stereocenters. The fourth-order valence-electron chi connectivity index (χ4n) is 4.97. The number of carbonyl (C=O) groups excluding carboxylic acids is 4. The van der Waals surface area contributed by atoms with Crippen LogP contribution in [0.3, 0.4) is 0 Å². The van der Waals surface area contributed by atoms with Gasteiger partial charge in [-0.25, -0.2) is 9.37 Å². The van der Waals surface area contributed by atoms with E-state index in [0.717, 1.165) is 16.1 Å². The number of nitrogens with zero attached hydrogens (tertiary/aromatic N) is 2. The van der Waals surface area contributed by atoms with Gasteiger partial charge in [-0.3, -0.25) is 19.2 Å². The molecular formula is C29H38FN5O5S. The summed E-state index contributed by atoms with van der Waals surface area (Å²) in [5, 5.41) is 18.5. The summed E-state index contributed by atoms with van der Waals surface area (Å²) in [5.41, 5.74) is 1.59. The molecule has 4 atom stereocenters. The van der Waals surface area contributed by atoms with E-state index in [0.29, 0.717) is 5.56 Å². The van der Waals surface area contributed by atoms with Gasteiger partial charge in [-0.2, -0.15) is 0 Å². The SMILES string of the molecule is CNC(=O)C[C@@H](NC(=O)C1C[C@@H](O)CN1C(=O)C(NC(=O)C1(F)CC1)C(C)(C)C)c1ccc(-c2scnc2C)cc1. The number of halogens is 1. The Kier molecular flexibility index (Phi) is 8.84. The Labute approximate surface area is 243 Å². The van der Waals surface area contributed by atoms with Gasteiger partial charge in [0.2, 0.25) is 17.7 Å². The van der Waals surface area contributed by atoms with Crippen LogP contribution in [0.4, 0.5) is 4.39 Å². The maximum Gasteiger partial charge on any atom is 0.258 e. The van der Waals surface area contributed by atoms with Gasteiger partial charge in [0.05, 0.1) is 34.6 Å². The molecule has 4 N–H and O–H groups in total. The zero-order valence-electron chi connectivity index (χ0n) is 24.0. The number of rotatable bonds is 9. The highest BCUT2D eigenvalue weighted by atomic mass is 32.1. The zero-order valence-corrected chi connectivity index (χ0v) is 24.8. The van der Waals surface area contributed by atoms with E-state index in [9.17, 15) is 28.7 Å². The molecule has 12 heteroatoms. The number of hydrogen-bond acceptors (Lipinski definition) is 7. The van der Waals surface area contributed by atoms with Crippen molar-refractivity contribution in [3.8, 4) is 10.4 Å². The van der Waals surface area contributed by atoms with E-state index in [1.165, 1.54) is 23.3 Å². The van der Waals surface area contributed by atoms with Crippen LogP contribution in [0.25, 0.3) is 10.4 Å². The van der Waals surface area contributed by atoms with Crippen molar-refractivity contribution in [2.45, 2.75) is 83.3 Å². The predicted octanol–water partition coefficient (Wildman–Crippen LogP) is 2.41. The second kappa shape index (κ2) is 11.8. The fourth-order valence-corrected chi connectivity index (χ4v) is 5.78. The molecular weight excluding hydrogens is 549 g/mol. The van der Waals surface area contributed by atoms with E-state index < -0.39 is 53.0 Å². The van der Waals surface area contributed by atoms with Crippen LogP contribution in [0.15, 0.2) is 29.8 Å². The normalized spacial score (nSPS) is 21.1. The lowest BCUT2D eigenvalue weighted by atomic mass is 9.85. The summed E-state index contributed by atoms with van der Waals surface area (Å²) < 4.78 is 14.4. The van der Waals surface area contributed by atoms with Crippen molar-refractivity contribution in [3.63, 3.8) is 0 Å². The minimum atomic E-state index is -1.97. The monoisotopic (exact) mass is 587 g/mol. The Morgan fingerprint density at radius 1 is 1.17 bits per heavy atom. The number of amides is 4. The Hall–Kier alpha value is -3.38. The molecule has 1 aromatic carbocycles. The van der Waals surface area contributed by atoms with Crippen molar-refractivity contribution in [2.24, 2.45) is 5.41 Å². The molecule has 4 amide bonds. The summed E-state index contributed by atoms with van der Waals surface area (Å²) >= 11 is 1.52. The minimum absolute atomic E-state index is 0.00822. The summed E-state index contributed by atoms with van der Waals surface area (Å²) in [4.78, 5) is 58.8. The van der Waals surface area contributed by atoms with Crippen molar-refractivity contribution >= 4 is 35.0 Å². The van der Waals surface area contributed by atoms with Gasteiger partial charge in [0, 0.05) is 20.0 Å². The molecule has 1 aromatic heterocycles. The molecule has 2 heterocycles. The van der Waals surface area contributed by atoms with Gasteiger partial charge in [0.25, 0.3) is 5.91 Å². The highest BCUT2D eigenvalue weighted by Gasteiger charge is 2.53. The summed E-state index contributed by atoms with van der Waals surface area (Å²) in [6, 6.07) is 4.65. The first-order valence-corrected chi connectivity index (χ1v) is 14.6. The number of nitrogens with one attached hydrogen (secondary N) is 3. The quantitative estimate of drug-likeness (QED) is 0.355. The van der Waals surface area contributed by atoms with Gasteiger partial charge in [-0.05, 0) is 36.3 Å². The number of carbonyl (C=O) groups is 4. The topological polar surface area (TPSA) is 141 Å². The second-order valence-corrected chi connectivity index (χ2v) is 12.8. The average molecular weight is 588 g/mol. The maximum absolute atomic E-state index is 14.4. The Morgan fingerprint density at radius 3 is 2.37 bits per heavy atom. The fraction of sp³-hybridized carbons (Fsp3) is 0.552. The van der Waals surface area contributed by atoms with Crippen LogP contribution in [-0.2, 0) is 19.2 Å². The predicted molar refractivity (Wildman–Crippen MR) is 152 cm³/mol. The van der Waals surface area contributed by atoms with Crippen molar-refractivity contribution in [2.75, 3.05) is 13.6 Å². The van der Waals surface area contributed by atoms with E-state index in [1.807, 2.05) is 31.2 Å². The lowest BCUT2D eigenvalue weighted by Gasteiger charge is -2.36. The number of β-amino-alcohol motifs (C(OH)–C–C–N with tert-alkyl or cyclic N) is 1. The molecule has 0 spiro atoms. The van der Waals surface area contributed by atoms with Crippen LogP contribution in [0.5, 0.6) is 0 Å². The largest absolute Gasteiger partial charge is 0.391 e. The van der Waals surface area contributed by atoms with Gasteiger partial charge in [0.15, 0.2) is 5.67 Å². The summed E-state index contributed by atoms with van der Waals surface area (Å²) in [5.74, 6) is -2.23. The van der Waals surface area contributed by atoms with Crippen molar-refractivity contribution in [1.29, 1.82) is 0 Å². The van der Waals surface area contributed by atoms with Crippen LogP contribution in [0.2, 0.25) is 0 Å². The lowest BCUT2D eigenvalue weighted by molar-refractivity contribution is -0.145. The lowest BCUT2D eigenvalue weighted by Crippen LogP contribution is -2.59. The summed E-state index contributed by atoms with van der Waals surface area (Å²) in [7, 11) is 1.51. The molecule has 1 saturated carbocycles. The Bertz CT molecular complexity index is 1300. The zero-order chi connectivity index (χ0) is 30.1. The van der Waals surface area contributed by atoms with Crippen LogP contribution in [-0.4, -0.2) is 76.1 Å². The van der Waals surface area contributed by atoms with E-state index >= 15 is 0 Å². The van der Waals surface area contributed by atoms with E-state index in [1.54, 1.807) is 26.3 Å². The molecule has 0 radical (unpaired) electrons. The van der Waals surface area contributed by atoms with Crippen molar-refractivity contribution < 1.29 is 28.7 Å². The van der Waals surface area contributed by atoms with Crippen LogP contribution in [0.1, 0.15) is 63.8 Å². The molecule has 2 fully saturated rings. The standard InChI is InChI=1S/C29H38FN5O5S/c1-16-23(41-15-32-16)18-8-6-17(7-9-18)20(13-22(37)31-5)33-25(38)21-12-19(36)14-35(21)26(39)24(28(2,3)4)34-27(40)29(30)10-11-29/h6-9,15,19-21,24,36H,10-14H2,1-5H3,(H,31,37)(H,33,38)(H,34,40)/t19-,20-,21?,24?/m1/s1. The number of thiazole rings is 1. The smallest absolute Gasteiger partial charge is 0.258 e. The molecule has 0 bridgehead atoms. The third-order valence-corrected chi connectivity index (χ3v) is 8.63. The molecule has 1 aliphatic carbocycles. The molecule has 1 saturated heterocycles. The third-order valence-electron chi connectivity index (χ3n) is 7.65. The van der Waals surface area contributed by atoms with E-state index in [2.05, 4.69) is 20.9 Å². The highest BCUT2D eigenvalue weighted by Crippen LogP contribution is 2.40. The van der Waals surface area contributed by atoms with Crippen LogP contribution in [0, 0.1) is 12.3 Å². The highest BCUT2D eigenvalue weighted by molar-refractivity contribution is 7.13. The van der Waals surface area contributed by atoms with Gasteiger partial charge in [-0.1, -0.05) is 45.0 Å². The second-order valence-electron chi connectivity index (χ2n) is 12.0. The van der Waals surface area contributed by atoms with Gasteiger partial charge >= 0.3 is 0 Å². The van der Waals surface area contributed by atoms with Crippen molar-refractivity contribution in [1.82, 2.24) is 25.8 Å². The molecule has 2 aliphatic rings. The minimum Gasteiger partial charge on any atom is -0.391 e. The van der Waals surface area contributed by atoms with Gasteiger partial charge in [0.1, 0.15) is 12.1 Å². The molecule has 4 rings (SSSR count). The first kappa shape index (κ1) is 30.6. The first-order chi connectivity index (χ1) is 19.2. The van der Waals surface area contributed by atoms with Gasteiger partial charge in [-0.15, -0.1) is 11.3 Å². The maximum atomic E-state index is 14.4. The first-order valence-electron chi connectivity index (χ1n) is 13.7. The number of aromatic nitrogens is 1. The van der Waals surface area contributed by atoms with E-state index in [4.69, 9.17) is 0 Å². The summed E-state index contributed by atoms with van der Waals surface area (Å²) in [6.07, 6.45) is -0.791. The molecule has 2 aromatic rings. The average Bonchev–Trinajstić information content (AvgIpc) is 3.33. The van der Waals surface area contributed by atoms with Crippen LogP contribution >= 0.6 is 11.3 Å². The molecule has 222 valence electrons. The molecule has 1 aliphatic heterocycles. The van der Waals surface area contributed by atoms with Crippen LogP contribution < -0.4 is 16.0 Å². The number of alkyl halides is 1. The number of hydrogen-bond donors (Lipinski definition) is 4. The van der Waals surface area contributed by atoms with E-state index in [-0.39, 0.29) is 38.1 Å². The number of likely N-dealkylation sites (tertiary alicyclic amines) is 1.